The molecular weight excluding hydrogens is 1490 g/mol. The summed E-state index contributed by atoms with van der Waals surface area (Å²) in [6.07, 6.45) is 21.4. The Labute approximate surface area is 616 Å². The lowest BCUT2D eigenvalue weighted by Gasteiger charge is -2.32. The second kappa shape index (κ2) is 33.5. The van der Waals surface area contributed by atoms with Gasteiger partial charge in [-0.3, -0.25) is 9.59 Å². The number of nitrogens with two attached hydrogens (primary N) is 3. The molecule has 2 aromatic carbocycles. The number of nitrogens with one attached hydrogen (secondary N) is 1. The molecule has 0 unspecified atom stereocenters. The number of carbonyl (C=O) groups excluding carboxylic acids is 2. The van der Waals surface area contributed by atoms with Gasteiger partial charge in [0.2, 0.25) is 20.5 Å². The summed E-state index contributed by atoms with van der Waals surface area (Å²) in [5.74, 6) is -2.92. The van der Waals surface area contributed by atoms with Crippen LogP contribution >= 0.6 is 72.9 Å². The zero-order valence-corrected chi connectivity index (χ0v) is 61.4. The van der Waals surface area contributed by atoms with E-state index < -0.39 is 45.5 Å². The van der Waals surface area contributed by atoms with Crippen molar-refractivity contribution in [2.45, 2.75) is 66.6 Å². The van der Waals surface area contributed by atoms with Gasteiger partial charge < -0.3 is 31.8 Å². The molecule has 1 fully saturated rings. The van der Waals surface area contributed by atoms with Crippen LogP contribution in [0.5, 0.6) is 0 Å². The molecule has 35 heteroatoms. The molecule has 0 saturated carbocycles. The average Bonchev–Trinajstić information content (AvgIpc) is 1.63. The lowest BCUT2D eigenvalue weighted by Crippen LogP contribution is -2.41. The van der Waals surface area contributed by atoms with Gasteiger partial charge in [-0.05, 0) is 150 Å². The molecule has 0 bridgehead atoms. The first-order chi connectivity index (χ1) is 49.2. The van der Waals surface area contributed by atoms with Crippen molar-refractivity contribution in [2.24, 2.45) is 0 Å². The summed E-state index contributed by atoms with van der Waals surface area (Å²) in [6.45, 7) is 15.9. The Balaban J connectivity index is 0.000000137. The highest BCUT2D eigenvalue weighted by Gasteiger charge is 2.51. The molecule has 1 aliphatic heterocycles. The average molecular weight is 1550 g/mol. The van der Waals surface area contributed by atoms with E-state index in [-0.39, 0.29) is 24.1 Å². The second-order valence-corrected chi connectivity index (χ2v) is 27.6. The van der Waals surface area contributed by atoms with E-state index in [0.717, 1.165) is 117 Å². The number of thiazole rings is 4. The minimum atomic E-state index is -1.12. The minimum Gasteiger partial charge on any atom is -0.399 e. The molecular formula is C68H61BBrClF4N20O4S4. The van der Waals surface area contributed by atoms with Gasteiger partial charge in [-0.15, -0.1) is 45.3 Å². The molecule has 526 valence electrons. The largest absolute Gasteiger partial charge is 0.496 e. The molecule has 0 radical (unpaired) electrons. The number of pyridine rings is 4. The number of aromatic nitrogens is 16. The molecule has 1 aliphatic rings. The van der Waals surface area contributed by atoms with Crippen molar-refractivity contribution in [3.05, 3.63) is 242 Å². The van der Waals surface area contributed by atoms with Crippen LogP contribution in [0.4, 0.5) is 40.8 Å². The maximum Gasteiger partial charge on any atom is 0.496 e. The van der Waals surface area contributed by atoms with Crippen LogP contribution < -0.4 is 28.0 Å². The number of nitrogens with zero attached hydrogens (tertiary/aromatic N) is 16. The highest BCUT2D eigenvalue weighted by Crippen LogP contribution is 2.37. The Morgan fingerprint density at radius 2 is 0.825 bits per heavy atom. The van der Waals surface area contributed by atoms with E-state index in [0.29, 0.717) is 17.5 Å². The third-order valence-electron chi connectivity index (χ3n) is 15.2. The maximum absolute atomic E-state index is 13.7. The van der Waals surface area contributed by atoms with E-state index in [4.69, 9.17) is 38.1 Å². The molecule has 103 heavy (non-hydrogen) atoms. The Bertz CT molecular complexity index is 4930. The van der Waals surface area contributed by atoms with Gasteiger partial charge in [0, 0.05) is 135 Å². The number of hydrogen-bond donors (Lipinski definition) is 4. The summed E-state index contributed by atoms with van der Waals surface area (Å²) in [7, 11) is -0.363. The SMILES string of the molecule is CC1(C)OB(c2ccc(N)nc2)OC1(C)C.Cc1nn(-c2nccs2)cc1-c1ccc(N)nc1.Cc1nn(-c2nccs2)cc1-c1ccc(N)nc1.Cc1nn(-c2nccs2)cc1-c1ccc(NC(=O)c2c(F)cccc2F)nc1.Cc1nn(-c2nccs2)cc1Br.O=C(Cl)c1c(F)cccc1F. The van der Waals surface area contributed by atoms with Gasteiger partial charge in [0.25, 0.3) is 11.1 Å². The van der Waals surface area contributed by atoms with Gasteiger partial charge in [0.15, 0.2) is 0 Å². The van der Waals surface area contributed by atoms with E-state index >= 15 is 0 Å². The number of rotatable bonds is 11. The Kier molecular flexibility index (Phi) is 24.4. The van der Waals surface area contributed by atoms with Crippen molar-refractivity contribution < 1.29 is 36.5 Å². The number of nitrogen functional groups attached to an aromatic ring is 3. The first-order valence-electron chi connectivity index (χ1n) is 30.6. The molecule has 1 saturated heterocycles. The lowest BCUT2D eigenvalue weighted by atomic mass is 9.80. The molecule has 0 atom stereocenters. The molecule has 13 heterocycles. The first kappa shape index (κ1) is 75.1. The number of hydrogen-bond acceptors (Lipinski definition) is 23. The highest BCUT2D eigenvalue weighted by atomic mass is 79.9. The number of aryl methyl sites for hydroxylation is 4. The fourth-order valence-electron chi connectivity index (χ4n) is 9.25. The van der Waals surface area contributed by atoms with Crippen molar-refractivity contribution in [3.63, 3.8) is 0 Å². The third kappa shape index (κ3) is 18.9. The van der Waals surface area contributed by atoms with Crippen LogP contribution in [0.3, 0.4) is 0 Å². The van der Waals surface area contributed by atoms with Gasteiger partial charge in [0.1, 0.15) is 57.7 Å². The predicted octanol–water partition coefficient (Wildman–Crippen LogP) is 14.5. The van der Waals surface area contributed by atoms with Crippen LogP contribution in [0.15, 0.2) is 185 Å². The Hall–Kier alpha value is -10.6. The molecule has 14 aromatic rings. The lowest BCUT2D eigenvalue weighted by molar-refractivity contribution is 0.00578. The van der Waals surface area contributed by atoms with Gasteiger partial charge in [-0.2, -0.15) is 20.4 Å². The molecule has 0 aliphatic carbocycles. The fraction of sp³-hybridized carbons (Fsp3) is 0.147. The van der Waals surface area contributed by atoms with Crippen molar-refractivity contribution in [1.29, 1.82) is 0 Å². The maximum atomic E-state index is 13.7. The number of anilines is 4. The van der Waals surface area contributed by atoms with Gasteiger partial charge >= 0.3 is 7.12 Å². The Morgan fingerprint density at radius 1 is 0.476 bits per heavy atom. The predicted molar refractivity (Wildman–Crippen MR) is 397 cm³/mol. The number of halogens is 6. The third-order valence-corrected chi connectivity index (χ3v) is 19.2. The fourth-order valence-corrected chi connectivity index (χ4v) is 12.0. The van der Waals surface area contributed by atoms with E-state index in [2.05, 4.69) is 81.5 Å². The summed E-state index contributed by atoms with van der Waals surface area (Å²) in [5.41, 5.74) is 25.0. The second-order valence-electron chi connectivity index (χ2n) is 22.9. The van der Waals surface area contributed by atoms with Crippen LogP contribution in [-0.2, 0) is 9.31 Å². The zero-order valence-electron chi connectivity index (χ0n) is 55.8. The highest BCUT2D eigenvalue weighted by molar-refractivity contribution is 9.10. The summed E-state index contributed by atoms with van der Waals surface area (Å²) < 4.78 is 72.4. The topological polar surface area (TPSA) is 317 Å². The monoisotopic (exact) mass is 1550 g/mol. The van der Waals surface area contributed by atoms with Crippen LogP contribution in [0.1, 0.15) is 71.2 Å². The number of amides is 1. The quantitative estimate of drug-likeness (QED) is 0.0531. The molecule has 12 aromatic heterocycles. The summed E-state index contributed by atoms with van der Waals surface area (Å²) in [4.78, 5) is 55.7. The van der Waals surface area contributed by atoms with E-state index in [9.17, 15) is 27.2 Å². The van der Waals surface area contributed by atoms with Crippen LogP contribution in [0.2, 0.25) is 0 Å². The standard InChI is InChI=1S/C19H13F2N5OS.2C12H11N5S.C11H17BN2O2.C7H6BrN3S.C7H3ClF2O/c1-11-13(10-26(25-11)19-22-7-8-28-19)12-5-6-16(23-9-12)24-18(27)17-14(20)3-2-4-15(17)21;2*1-8-10(9-2-3-11(13)15-6-9)7-17(16-8)12-14-4-5-18-12;1-10(2)11(3,4)16-12(15-10)8-5-6-9(13)14-7-8;1-5-6(8)4-11(10-5)7-9-2-3-12-7;8-7(11)6-4(9)2-1-3-5(6)10/h2-10H,1H3,(H,23,24,27);2*2-7H,1H3,(H2,13,15);5-7H,1-4H3,(H2,13,14);2-4H,1H3;1-3H. The molecule has 7 N–H and O–H groups in total. The van der Waals surface area contributed by atoms with Gasteiger partial charge in [-0.25, -0.2) is 76.2 Å². The van der Waals surface area contributed by atoms with Crippen molar-refractivity contribution in [2.75, 3.05) is 22.5 Å². The molecule has 0 spiro atoms. The first-order valence-corrected chi connectivity index (χ1v) is 35.3. The molecule has 15 rings (SSSR count). The smallest absolute Gasteiger partial charge is 0.399 e. The zero-order chi connectivity index (χ0) is 73.7. The van der Waals surface area contributed by atoms with E-state index in [1.807, 2.05) is 120 Å². The number of benzene rings is 2. The Morgan fingerprint density at radius 3 is 1.13 bits per heavy atom. The van der Waals surface area contributed by atoms with Gasteiger partial charge in [0.05, 0.1) is 38.5 Å². The molecule has 24 nitrogen and oxygen atoms in total. The van der Waals surface area contributed by atoms with Crippen LogP contribution in [0, 0.1) is 51.0 Å². The van der Waals surface area contributed by atoms with E-state index in [1.54, 1.807) is 133 Å². The minimum absolute atomic E-state index is 0.182. The summed E-state index contributed by atoms with van der Waals surface area (Å²) >= 11 is 14.4. The van der Waals surface area contributed by atoms with Crippen molar-refractivity contribution in [3.8, 4) is 53.9 Å². The van der Waals surface area contributed by atoms with Crippen molar-refractivity contribution in [1.82, 2.24) is 79.0 Å². The van der Waals surface area contributed by atoms with E-state index in [1.165, 1.54) is 17.4 Å². The summed E-state index contributed by atoms with van der Waals surface area (Å²) in [6, 6.07) is 20.7. The molecule has 1 amide bonds. The van der Waals surface area contributed by atoms with Crippen LogP contribution in [-0.4, -0.2) is 108 Å². The van der Waals surface area contributed by atoms with Gasteiger partial charge in [-0.1, -0.05) is 18.2 Å². The van der Waals surface area contributed by atoms with Crippen molar-refractivity contribution >= 4 is 120 Å². The normalized spacial score (nSPS) is 12.4. The number of carbonyl (C=O) groups is 2. The van der Waals surface area contributed by atoms with Crippen LogP contribution in [0.25, 0.3) is 53.9 Å². The summed E-state index contributed by atoms with van der Waals surface area (Å²) in [5, 5.41) is 29.9.